The molecule has 0 atom stereocenters. The minimum atomic E-state index is -0.586. The molecule has 17 heavy (non-hydrogen) atoms. The third-order valence-corrected chi connectivity index (χ3v) is 3.78. The summed E-state index contributed by atoms with van der Waals surface area (Å²) in [6.45, 7) is 6.22. The summed E-state index contributed by atoms with van der Waals surface area (Å²) < 4.78 is 5.38. The Kier molecular flexibility index (Phi) is 2.92. The van der Waals surface area contributed by atoms with E-state index in [4.69, 9.17) is 4.74 Å². The maximum Gasteiger partial charge on any atom is 0.411 e. The van der Waals surface area contributed by atoms with Crippen LogP contribution in [0.1, 0.15) is 46.5 Å². The van der Waals surface area contributed by atoms with Gasteiger partial charge in [0.25, 0.3) is 0 Å². The van der Waals surface area contributed by atoms with E-state index in [1.807, 2.05) is 20.8 Å². The monoisotopic (exact) mass is 239 g/mol. The number of nitrogens with zero attached hydrogens (tertiary/aromatic N) is 1. The third-order valence-electron chi connectivity index (χ3n) is 3.78. The van der Waals surface area contributed by atoms with E-state index in [9.17, 15) is 9.59 Å². The molecule has 0 aromatic rings. The zero-order chi connectivity index (χ0) is 12.7. The number of rotatable bonds is 1. The second-order valence-corrected chi connectivity index (χ2v) is 6.26. The number of piperidine rings is 2. The van der Waals surface area contributed by atoms with Gasteiger partial charge in [-0.2, -0.15) is 0 Å². The Morgan fingerprint density at radius 1 is 1.35 bits per heavy atom. The highest BCUT2D eigenvalue weighted by atomic mass is 16.6. The summed E-state index contributed by atoms with van der Waals surface area (Å²) in [5.41, 5.74) is -1.09. The van der Waals surface area contributed by atoms with Crippen molar-refractivity contribution in [2.75, 3.05) is 6.54 Å². The molecular weight excluding hydrogens is 218 g/mol. The molecule has 1 amide bonds. The molecule has 4 nitrogen and oxygen atoms in total. The Labute approximate surface area is 102 Å². The first-order chi connectivity index (χ1) is 7.86. The van der Waals surface area contributed by atoms with E-state index >= 15 is 0 Å². The normalized spacial score (nSPS) is 32.4. The molecule has 0 unspecified atom stereocenters. The molecule has 0 aromatic carbocycles. The highest BCUT2D eigenvalue weighted by Crippen LogP contribution is 2.42. The van der Waals surface area contributed by atoms with E-state index in [2.05, 4.69) is 0 Å². The molecule has 3 aliphatic rings. The van der Waals surface area contributed by atoms with Crippen molar-refractivity contribution in [3.63, 3.8) is 0 Å². The highest BCUT2D eigenvalue weighted by Gasteiger charge is 2.49. The molecular formula is C13H21NO3. The van der Waals surface area contributed by atoms with Gasteiger partial charge in [0.15, 0.2) is 0 Å². The van der Waals surface area contributed by atoms with Crippen LogP contribution in [0.4, 0.5) is 4.79 Å². The molecule has 0 radical (unpaired) electrons. The maximum absolute atomic E-state index is 12.1. The zero-order valence-corrected chi connectivity index (χ0v) is 10.9. The smallest absolute Gasteiger partial charge is 0.411 e. The maximum atomic E-state index is 12.1. The zero-order valence-electron chi connectivity index (χ0n) is 10.9. The lowest BCUT2D eigenvalue weighted by Gasteiger charge is -2.51. The van der Waals surface area contributed by atoms with Crippen LogP contribution in [0.5, 0.6) is 0 Å². The predicted octanol–water partition coefficient (Wildman–Crippen LogP) is 2.37. The van der Waals surface area contributed by atoms with Crippen LogP contribution < -0.4 is 0 Å². The Bertz CT molecular complexity index is 324. The average Bonchev–Trinajstić information content (AvgIpc) is 2.28. The first-order valence-electron chi connectivity index (χ1n) is 6.33. The molecule has 3 rings (SSSR count). The van der Waals surface area contributed by atoms with E-state index in [1.165, 1.54) is 0 Å². The summed E-state index contributed by atoms with van der Waals surface area (Å²) in [5.74, 6) is 0.546. The topological polar surface area (TPSA) is 46.6 Å². The van der Waals surface area contributed by atoms with Crippen LogP contribution in [0.25, 0.3) is 0 Å². The van der Waals surface area contributed by atoms with Crippen molar-refractivity contribution in [2.45, 2.75) is 57.6 Å². The van der Waals surface area contributed by atoms with Crippen molar-refractivity contribution < 1.29 is 14.3 Å². The summed E-state index contributed by atoms with van der Waals surface area (Å²) in [6, 6.07) is 0. The van der Waals surface area contributed by atoms with Crippen LogP contribution in [0.3, 0.4) is 0 Å². The van der Waals surface area contributed by atoms with Gasteiger partial charge in [-0.1, -0.05) is 0 Å². The summed E-state index contributed by atoms with van der Waals surface area (Å²) in [6.07, 6.45) is 4.30. The van der Waals surface area contributed by atoms with Gasteiger partial charge in [0.05, 0.1) is 0 Å². The lowest BCUT2D eigenvalue weighted by atomic mass is 9.71. The number of ether oxygens (including phenoxy) is 1. The summed E-state index contributed by atoms with van der Waals surface area (Å²) in [5, 5.41) is 0. The summed E-state index contributed by atoms with van der Waals surface area (Å²) >= 11 is 0. The third kappa shape index (κ3) is 2.31. The lowest BCUT2D eigenvalue weighted by molar-refractivity contribution is -0.127. The van der Waals surface area contributed by atoms with Crippen molar-refractivity contribution >= 4 is 12.4 Å². The number of hydrogen-bond acceptors (Lipinski definition) is 3. The van der Waals surface area contributed by atoms with E-state index in [0.29, 0.717) is 12.5 Å². The fourth-order valence-electron chi connectivity index (χ4n) is 2.82. The van der Waals surface area contributed by atoms with Crippen molar-refractivity contribution in [3.8, 4) is 0 Å². The van der Waals surface area contributed by atoms with Crippen LogP contribution in [0.2, 0.25) is 0 Å². The summed E-state index contributed by atoms with van der Waals surface area (Å²) in [7, 11) is 0. The SMILES string of the molecule is CC(C)(C)OC(=O)N1CC2CCC1(C=O)CC2. The average molecular weight is 239 g/mol. The number of amides is 1. The van der Waals surface area contributed by atoms with Crippen molar-refractivity contribution in [1.29, 1.82) is 0 Å². The van der Waals surface area contributed by atoms with Crippen LogP contribution in [0.15, 0.2) is 0 Å². The van der Waals surface area contributed by atoms with Crippen molar-refractivity contribution in [3.05, 3.63) is 0 Å². The Morgan fingerprint density at radius 2 is 1.94 bits per heavy atom. The van der Waals surface area contributed by atoms with Gasteiger partial charge in [-0.25, -0.2) is 4.79 Å². The largest absolute Gasteiger partial charge is 0.444 e. The first kappa shape index (κ1) is 12.4. The van der Waals surface area contributed by atoms with E-state index in [0.717, 1.165) is 32.0 Å². The van der Waals surface area contributed by atoms with E-state index < -0.39 is 11.1 Å². The molecule has 1 aliphatic carbocycles. The van der Waals surface area contributed by atoms with Gasteiger partial charge >= 0.3 is 6.09 Å². The second-order valence-electron chi connectivity index (χ2n) is 6.26. The molecule has 0 aromatic heterocycles. The fourth-order valence-corrected chi connectivity index (χ4v) is 2.82. The van der Waals surface area contributed by atoms with Crippen LogP contribution in [0, 0.1) is 5.92 Å². The fraction of sp³-hybridized carbons (Fsp3) is 0.846. The van der Waals surface area contributed by atoms with Gasteiger partial charge in [-0.05, 0) is 52.4 Å². The van der Waals surface area contributed by atoms with E-state index in [-0.39, 0.29) is 6.09 Å². The molecule has 2 aliphatic heterocycles. The van der Waals surface area contributed by atoms with Gasteiger partial charge in [-0.15, -0.1) is 0 Å². The van der Waals surface area contributed by atoms with Crippen molar-refractivity contribution in [2.24, 2.45) is 5.92 Å². The minimum absolute atomic E-state index is 0.339. The molecule has 3 fully saturated rings. The summed E-state index contributed by atoms with van der Waals surface area (Å²) in [4.78, 5) is 25.1. The van der Waals surface area contributed by atoms with Gasteiger partial charge in [0.2, 0.25) is 0 Å². The molecule has 0 N–H and O–H groups in total. The van der Waals surface area contributed by atoms with Gasteiger partial charge in [0, 0.05) is 6.54 Å². The Balaban J connectivity index is 2.14. The molecule has 2 heterocycles. The Hall–Kier alpha value is -1.06. The molecule has 96 valence electrons. The second kappa shape index (κ2) is 4.00. The number of hydrogen-bond donors (Lipinski definition) is 0. The molecule has 2 bridgehead atoms. The minimum Gasteiger partial charge on any atom is -0.444 e. The molecule has 4 heteroatoms. The number of aldehydes is 1. The predicted molar refractivity (Wildman–Crippen MR) is 63.7 cm³/mol. The van der Waals surface area contributed by atoms with Gasteiger partial charge < -0.3 is 9.53 Å². The van der Waals surface area contributed by atoms with Crippen molar-refractivity contribution in [1.82, 2.24) is 4.90 Å². The van der Waals surface area contributed by atoms with Crippen LogP contribution in [-0.2, 0) is 9.53 Å². The van der Waals surface area contributed by atoms with Gasteiger partial charge in [0.1, 0.15) is 17.4 Å². The van der Waals surface area contributed by atoms with Gasteiger partial charge in [-0.3, -0.25) is 4.90 Å². The van der Waals surface area contributed by atoms with E-state index in [1.54, 1.807) is 4.90 Å². The molecule has 0 spiro atoms. The molecule has 1 saturated carbocycles. The number of carbonyl (C=O) groups excluding carboxylic acids is 2. The quantitative estimate of drug-likeness (QED) is 0.660. The lowest BCUT2D eigenvalue weighted by Crippen LogP contribution is -2.62. The first-order valence-corrected chi connectivity index (χ1v) is 6.33. The Morgan fingerprint density at radius 3 is 2.41 bits per heavy atom. The van der Waals surface area contributed by atoms with Crippen LogP contribution in [-0.4, -0.2) is 35.0 Å². The number of carbonyl (C=O) groups is 2. The highest BCUT2D eigenvalue weighted by molar-refractivity contribution is 5.77. The standard InChI is InChI=1S/C13H21NO3/c1-12(2,3)17-11(16)14-8-10-4-6-13(14,9-15)7-5-10/h9-10H,4-8H2,1-3H3. The molecule has 2 saturated heterocycles. The van der Waals surface area contributed by atoms with Crippen LogP contribution >= 0.6 is 0 Å². The number of fused-ring (bicyclic) bond motifs is 3.